The van der Waals surface area contributed by atoms with E-state index in [9.17, 15) is 14.4 Å². The van der Waals surface area contributed by atoms with Gasteiger partial charge >= 0.3 is 17.9 Å². The Morgan fingerprint density at radius 2 is 0.714 bits per heavy atom. The SMILES string of the molecule is CC/C=C\C/C=C\C/C=C\C/C=C\C/C=C\CCCC(=O)OCC(COC(=O)CCC/C=C\CCCCCC)OC(=O)CCCCCCCCCCCCCC. The molecule has 320 valence electrons. The van der Waals surface area contributed by atoms with Gasteiger partial charge in [0, 0.05) is 19.3 Å². The van der Waals surface area contributed by atoms with Gasteiger partial charge in [0.2, 0.25) is 0 Å². The minimum Gasteiger partial charge on any atom is -0.462 e. The number of hydrogen-bond donors (Lipinski definition) is 0. The first kappa shape index (κ1) is 52.9. The summed E-state index contributed by atoms with van der Waals surface area (Å²) in [7, 11) is 0. The lowest BCUT2D eigenvalue weighted by molar-refractivity contribution is -0.167. The van der Waals surface area contributed by atoms with Crippen molar-refractivity contribution in [3.63, 3.8) is 0 Å². The third-order valence-corrected chi connectivity index (χ3v) is 9.45. The number of carbonyl (C=O) groups excluding carboxylic acids is 3. The van der Waals surface area contributed by atoms with Crippen LogP contribution in [0.25, 0.3) is 0 Å². The summed E-state index contributed by atoms with van der Waals surface area (Å²) in [4.78, 5) is 37.6. The quantitative estimate of drug-likeness (QED) is 0.0267. The van der Waals surface area contributed by atoms with Crippen LogP contribution in [-0.4, -0.2) is 37.2 Å². The molecule has 0 aromatic heterocycles. The summed E-state index contributed by atoms with van der Waals surface area (Å²) in [5.74, 6) is -1.00. The van der Waals surface area contributed by atoms with E-state index in [0.29, 0.717) is 25.7 Å². The molecule has 0 amide bonds. The third kappa shape index (κ3) is 42.0. The number of esters is 3. The van der Waals surface area contributed by atoms with Crippen molar-refractivity contribution in [2.75, 3.05) is 13.2 Å². The standard InChI is InChI=1S/C50H84O6/c1-4-7-10-13-16-19-21-23-24-25-26-27-29-31-34-37-40-43-49(52)55-46-47(45-54-48(51)42-39-36-33-30-18-15-12-9-6-3)56-50(53)44-41-38-35-32-28-22-20-17-14-11-8-5-2/h7,10,16,19,23-24,26-27,30-31,33-34,47H,4-6,8-9,11-15,17-18,20-22,25,28-29,32,35-46H2,1-3H3/b10-7-,19-16-,24-23-,27-26-,33-30-,34-31-. The second-order valence-electron chi connectivity index (χ2n) is 14.9. The van der Waals surface area contributed by atoms with Gasteiger partial charge in [-0.05, 0) is 77.0 Å². The average molecular weight is 781 g/mol. The van der Waals surface area contributed by atoms with Gasteiger partial charge in [0.25, 0.3) is 0 Å². The first-order valence-electron chi connectivity index (χ1n) is 22.9. The lowest BCUT2D eigenvalue weighted by atomic mass is 10.0. The fraction of sp³-hybridized carbons (Fsp3) is 0.700. The molecule has 0 radical (unpaired) electrons. The van der Waals surface area contributed by atoms with Crippen LogP contribution in [0.2, 0.25) is 0 Å². The molecule has 0 N–H and O–H groups in total. The molecule has 1 unspecified atom stereocenters. The predicted molar refractivity (Wildman–Crippen MR) is 238 cm³/mol. The smallest absolute Gasteiger partial charge is 0.306 e. The molecule has 0 aliphatic carbocycles. The molecule has 56 heavy (non-hydrogen) atoms. The first-order valence-corrected chi connectivity index (χ1v) is 22.9. The number of rotatable bonds is 40. The molecule has 6 nitrogen and oxygen atoms in total. The normalized spacial score (nSPS) is 12.7. The van der Waals surface area contributed by atoms with Crippen LogP contribution in [0.1, 0.15) is 207 Å². The Morgan fingerprint density at radius 1 is 0.375 bits per heavy atom. The Kier molecular flexibility index (Phi) is 42.1. The minimum atomic E-state index is -0.804. The van der Waals surface area contributed by atoms with E-state index in [-0.39, 0.29) is 37.5 Å². The van der Waals surface area contributed by atoms with Crippen LogP contribution in [-0.2, 0) is 28.6 Å². The Bertz CT molecular complexity index is 1080. The van der Waals surface area contributed by atoms with E-state index in [1.807, 2.05) is 0 Å². The van der Waals surface area contributed by atoms with Crippen molar-refractivity contribution in [3.8, 4) is 0 Å². The monoisotopic (exact) mass is 781 g/mol. The van der Waals surface area contributed by atoms with Crippen LogP contribution in [0.4, 0.5) is 0 Å². The molecule has 0 saturated heterocycles. The highest BCUT2D eigenvalue weighted by atomic mass is 16.6. The van der Waals surface area contributed by atoms with Gasteiger partial charge in [0.1, 0.15) is 13.2 Å². The van der Waals surface area contributed by atoms with Crippen LogP contribution in [0, 0.1) is 0 Å². The van der Waals surface area contributed by atoms with E-state index in [1.165, 1.54) is 83.5 Å². The average Bonchev–Trinajstić information content (AvgIpc) is 3.19. The maximum absolute atomic E-state index is 12.7. The van der Waals surface area contributed by atoms with E-state index < -0.39 is 6.10 Å². The molecule has 0 aromatic carbocycles. The van der Waals surface area contributed by atoms with Gasteiger partial charge in [-0.1, -0.05) is 184 Å². The third-order valence-electron chi connectivity index (χ3n) is 9.45. The zero-order valence-corrected chi connectivity index (χ0v) is 36.4. The summed E-state index contributed by atoms with van der Waals surface area (Å²) in [6, 6.07) is 0. The van der Waals surface area contributed by atoms with Gasteiger partial charge in [-0.2, -0.15) is 0 Å². The lowest BCUT2D eigenvalue weighted by Crippen LogP contribution is -2.30. The summed E-state index contributed by atoms with van der Waals surface area (Å²) < 4.78 is 16.6. The van der Waals surface area contributed by atoms with Crippen molar-refractivity contribution in [1.82, 2.24) is 0 Å². The molecule has 0 aromatic rings. The second-order valence-corrected chi connectivity index (χ2v) is 14.9. The Labute approximate surface area is 344 Å². The molecule has 0 aliphatic rings. The molecule has 0 rings (SSSR count). The van der Waals surface area contributed by atoms with Crippen LogP contribution < -0.4 is 0 Å². The van der Waals surface area contributed by atoms with Gasteiger partial charge in [-0.25, -0.2) is 0 Å². The minimum absolute atomic E-state index is 0.108. The highest BCUT2D eigenvalue weighted by molar-refractivity contribution is 5.71. The van der Waals surface area contributed by atoms with Crippen molar-refractivity contribution in [2.24, 2.45) is 0 Å². The van der Waals surface area contributed by atoms with Crippen molar-refractivity contribution < 1.29 is 28.6 Å². The first-order chi connectivity index (χ1) is 27.5. The topological polar surface area (TPSA) is 78.9 Å². The maximum atomic E-state index is 12.7. The summed E-state index contributed by atoms with van der Waals surface area (Å²) in [5, 5.41) is 0. The van der Waals surface area contributed by atoms with Gasteiger partial charge in [0.05, 0.1) is 0 Å². The number of ether oxygens (including phenoxy) is 3. The van der Waals surface area contributed by atoms with Crippen molar-refractivity contribution in [2.45, 2.75) is 213 Å². The second kappa shape index (κ2) is 44.6. The van der Waals surface area contributed by atoms with E-state index in [1.54, 1.807) is 0 Å². The fourth-order valence-corrected chi connectivity index (χ4v) is 6.01. The Hall–Kier alpha value is -3.15. The maximum Gasteiger partial charge on any atom is 0.306 e. The van der Waals surface area contributed by atoms with Gasteiger partial charge in [0.15, 0.2) is 6.10 Å². The van der Waals surface area contributed by atoms with Crippen LogP contribution >= 0.6 is 0 Å². The van der Waals surface area contributed by atoms with Crippen LogP contribution in [0.15, 0.2) is 72.9 Å². The molecule has 0 heterocycles. The highest BCUT2D eigenvalue weighted by Crippen LogP contribution is 2.14. The summed E-state index contributed by atoms with van der Waals surface area (Å²) in [6.07, 6.45) is 54.7. The number of unbranched alkanes of at least 4 members (excludes halogenated alkanes) is 17. The van der Waals surface area contributed by atoms with E-state index in [4.69, 9.17) is 14.2 Å². The molecule has 0 aliphatic heterocycles. The van der Waals surface area contributed by atoms with Crippen LogP contribution in [0.5, 0.6) is 0 Å². The Balaban J connectivity index is 4.47. The van der Waals surface area contributed by atoms with Gasteiger partial charge in [-0.15, -0.1) is 0 Å². The number of allylic oxidation sites excluding steroid dienone is 12. The summed E-state index contributed by atoms with van der Waals surface area (Å²) in [5.41, 5.74) is 0. The van der Waals surface area contributed by atoms with E-state index in [2.05, 4.69) is 93.7 Å². The summed E-state index contributed by atoms with van der Waals surface area (Å²) in [6.45, 7) is 6.39. The predicted octanol–water partition coefficient (Wildman–Crippen LogP) is 14.7. The van der Waals surface area contributed by atoms with Crippen LogP contribution in [0.3, 0.4) is 0 Å². The zero-order chi connectivity index (χ0) is 40.8. The molecule has 6 heteroatoms. The molecular formula is C50H84O6. The number of carbonyl (C=O) groups is 3. The Morgan fingerprint density at radius 3 is 1.16 bits per heavy atom. The largest absolute Gasteiger partial charge is 0.462 e. The van der Waals surface area contributed by atoms with Gasteiger partial charge < -0.3 is 14.2 Å². The molecule has 1 atom stereocenters. The molecule has 0 fully saturated rings. The fourth-order valence-electron chi connectivity index (χ4n) is 6.01. The zero-order valence-electron chi connectivity index (χ0n) is 36.4. The highest BCUT2D eigenvalue weighted by Gasteiger charge is 2.19. The number of hydrogen-bond acceptors (Lipinski definition) is 6. The molecule has 0 saturated carbocycles. The van der Waals surface area contributed by atoms with E-state index in [0.717, 1.165) is 70.6 Å². The van der Waals surface area contributed by atoms with Gasteiger partial charge in [-0.3, -0.25) is 14.4 Å². The lowest BCUT2D eigenvalue weighted by Gasteiger charge is -2.18. The molecule has 0 bridgehead atoms. The molecular weight excluding hydrogens is 697 g/mol. The van der Waals surface area contributed by atoms with E-state index >= 15 is 0 Å². The van der Waals surface area contributed by atoms with Crippen molar-refractivity contribution >= 4 is 17.9 Å². The molecule has 0 spiro atoms. The van der Waals surface area contributed by atoms with Crippen molar-refractivity contribution in [1.29, 1.82) is 0 Å². The van der Waals surface area contributed by atoms with Crippen molar-refractivity contribution in [3.05, 3.63) is 72.9 Å². The summed E-state index contributed by atoms with van der Waals surface area (Å²) >= 11 is 0.